The number of hydrogen-bond acceptors (Lipinski definition) is 3. The Morgan fingerprint density at radius 3 is 2.85 bits per heavy atom. The fourth-order valence-electron chi connectivity index (χ4n) is 1.93. The second-order valence-corrected chi connectivity index (χ2v) is 6.29. The monoisotopic (exact) mass is 214 g/mol. The molecule has 0 spiro atoms. The van der Waals surface area contributed by atoms with Gasteiger partial charge in [0.05, 0.1) is 0 Å². The van der Waals surface area contributed by atoms with Gasteiger partial charge in [-0.1, -0.05) is 6.92 Å². The van der Waals surface area contributed by atoms with Crippen molar-refractivity contribution in [3.8, 4) is 0 Å². The predicted molar refractivity (Wildman–Crippen MR) is 59.5 cm³/mol. The molecule has 72 valence electrons. The van der Waals surface area contributed by atoms with Gasteiger partial charge in [-0.3, -0.25) is 0 Å². The summed E-state index contributed by atoms with van der Waals surface area (Å²) in [5, 5.41) is 13.0. The lowest BCUT2D eigenvalue weighted by Gasteiger charge is -2.21. The van der Waals surface area contributed by atoms with E-state index in [-0.39, 0.29) is 0 Å². The summed E-state index contributed by atoms with van der Waals surface area (Å²) in [6.45, 7) is 4.27. The van der Waals surface area contributed by atoms with E-state index < -0.39 is 5.60 Å². The molecule has 1 N–H and O–H groups in total. The van der Waals surface area contributed by atoms with Crippen LogP contribution < -0.4 is 0 Å². The molecule has 2 heterocycles. The Kier molecular flexibility index (Phi) is 2.43. The molecule has 1 aromatic rings. The Morgan fingerprint density at radius 1 is 1.62 bits per heavy atom. The molecule has 1 aliphatic rings. The predicted octanol–water partition coefficient (Wildman–Crippen LogP) is 2.77. The van der Waals surface area contributed by atoms with Gasteiger partial charge in [-0.15, -0.1) is 11.3 Å². The smallest absolute Gasteiger partial charge is 0.101 e. The van der Waals surface area contributed by atoms with E-state index in [1.165, 1.54) is 4.88 Å². The Labute approximate surface area is 87.2 Å². The maximum absolute atomic E-state index is 10.4. The van der Waals surface area contributed by atoms with Crippen LogP contribution in [0.15, 0.2) is 11.4 Å². The molecule has 0 amide bonds. The fraction of sp³-hybridized carbons (Fsp3) is 0.600. The van der Waals surface area contributed by atoms with E-state index in [0.717, 1.165) is 17.7 Å². The van der Waals surface area contributed by atoms with Gasteiger partial charge in [0.1, 0.15) is 5.60 Å². The van der Waals surface area contributed by atoms with Gasteiger partial charge >= 0.3 is 0 Å². The van der Waals surface area contributed by atoms with E-state index in [0.29, 0.717) is 5.25 Å². The topological polar surface area (TPSA) is 20.2 Å². The molecule has 1 nitrogen and oxygen atoms in total. The molecule has 1 saturated heterocycles. The molecule has 0 radical (unpaired) electrons. The van der Waals surface area contributed by atoms with E-state index in [2.05, 4.69) is 25.3 Å². The number of rotatable bonds is 1. The van der Waals surface area contributed by atoms with Crippen molar-refractivity contribution in [1.29, 1.82) is 0 Å². The third-order valence-corrected chi connectivity index (χ3v) is 4.82. The lowest BCUT2D eigenvalue weighted by atomic mass is 9.92. The molecule has 13 heavy (non-hydrogen) atoms. The molecule has 0 bridgehead atoms. The van der Waals surface area contributed by atoms with Crippen LogP contribution in [0.5, 0.6) is 0 Å². The fourth-order valence-corrected chi connectivity index (χ4v) is 3.95. The summed E-state index contributed by atoms with van der Waals surface area (Å²) in [5.74, 6) is 0.853. The third kappa shape index (κ3) is 1.65. The summed E-state index contributed by atoms with van der Waals surface area (Å²) in [5.41, 5.74) is 0.600. The molecule has 2 atom stereocenters. The zero-order valence-electron chi connectivity index (χ0n) is 7.91. The first-order valence-electron chi connectivity index (χ1n) is 4.50. The highest BCUT2D eigenvalue weighted by atomic mass is 32.2. The Morgan fingerprint density at radius 2 is 2.38 bits per heavy atom. The van der Waals surface area contributed by atoms with Gasteiger partial charge in [0, 0.05) is 15.9 Å². The van der Waals surface area contributed by atoms with Crippen molar-refractivity contribution >= 4 is 23.1 Å². The van der Waals surface area contributed by atoms with Crippen LogP contribution in [0, 0.1) is 6.92 Å². The zero-order chi connectivity index (χ0) is 9.47. The van der Waals surface area contributed by atoms with E-state index in [1.54, 1.807) is 11.3 Å². The van der Waals surface area contributed by atoms with Crippen LogP contribution in [-0.2, 0) is 5.60 Å². The van der Waals surface area contributed by atoms with Gasteiger partial charge < -0.3 is 5.11 Å². The molecular weight excluding hydrogens is 200 g/mol. The summed E-state index contributed by atoms with van der Waals surface area (Å²) in [7, 11) is 0. The van der Waals surface area contributed by atoms with Gasteiger partial charge in [0.2, 0.25) is 0 Å². The summed E-state index contributed by atoms with van der Waals surface area (Å²) < 4.78 is 0. The lowest BCUT2D eigenvalue weighted by molar-refractivity contribution is 0.0611. The normalized spacial score (nSPS) is 33.9. The Hall–Kier alpha value is 0.01000. The average molecular weight is 214 g/mol. The maximum Gasteiger partial charge on any atom is 0.101 e. The molecule has 0 saturated carbocycles. The molecule has 1 aromatic heterocycles. The Balaban J connectivity index is 2.30. The second kappa shape index (κ2) is 3.30. The van der Waals surface area contributed by atoms with Gasteiger partial charge in [0.15, 0.2) is 0 Å². The molecule has 0 aliphatic carbocycles. The quantitative estimate of drug-likeness (QED) is 0.775. The standard InChI is InChI=1S/C10H14OS2/c1-7-5-10(11,6-13-7)9-3-4-12-8(9)2/h3-4,7,11H,5-6H2,1-2H3. The zero-order valence-corrected chi connectivity index (χ0v) is 9.54. The van der Waals surface area contributed by atoms with Gasteiger partial charge in [-0.05, 0) is 30.4 Å². The van der Waals surface area contributed by atoms with Crippen molar-refractivity contribution in [3.05, 3.63) is 21.9 Å². The first-order valence-corrected chi connectivity index (χ1v) is 6.43. The molecule has 0 aromatic carbocycles. The molecule has 1 fully saturated rings. The summed E-state index contributed by atoms with van der Waals surface area (Å²) in [6.07, 6.45) is 0.898. The van der Waals surface area contributed by atoms with E-state index in [1.807, 2.05) is 11.8 Å². The number of thiophene rings is 1. The van der Waals surface area contributed by atoms with Crippen molar-refractivity contribution < 1.29 is 5.11 Å². The molecular formula is C10H14OS2. The molecule has 1 aliphatic heterocycles. The number of aryl methyl sites for hydroxylation is 1. The molecule has 3 heteroatoms. The largest absolute Gasteiger partial charge is 0.384 e. The average Bonchev–Trinajstić information content (AvgIpc) is 2.59. The van der Waals surface area contributed by atoms with Crippen LogP contribution in [0.25, 0.3) is 0 Å². The minimum atomic E-state index is -0.547. The van der Waals surface area contributed by atoms with Crippen LogP contribution in [-0.4, -0.2) is 16.1 Å². The van der Waals surface area contributed by atoms with E-state index in [9.17, 15) is 5.11 Å². The highest BCUT2D eigenvalue weighted by Gasteiger charge is 2.38. The van der Waals surface area contributed by atoms with Crippen molar-refractivity contribution in [2.45, 2.75) is 31.1 Å². The first kappa shape index (κ1) is 9.56. The number of hydrogen-bond donors (Lipinski definition) is 1. The second-order valence-electron chi connectivity index (χ2n) is 3.75. The van der Waals surface area contributed by atoms with Crippen LogP contribution in [0.3, 0.4) is 0 Å². The van der Waals surface area contributed by atoms with Gasteiger partial charge in [-0.25, -0.2) is 0 Å². The van der Waals surface area contributed by atoms with Crippen LogP contribution in [0.1, 0.15) is 23.8 Å². The van der Waals surface area contributed by atoms with E-state index >= 15 is 0 Å². The van der Waals surface area contributed by atoms with Gasteiger partial charge in [0.25, 0.3) is 0 Å². The van der Waals surface area contributed by atoms with Crippen LogP contribution in [0.2, 0.25) is 0 Å². The first-order chi connectivity index (χ1) is 6.12. The van der Waals surface area contributed by atoms with Crippen molar-refractivity contribution in [3.63, 3.8) is 0 Å². The van der Waals surface area contributed by atoms with E-state index in [4.69, 9.17) is 0 Å². The van der Waals surface area contributed by atoms with Crippen LogP contribution >= 0.6 is 23.1 Å². The third-order valence-electron chi connectivity index (χ3n) is 2.59. The molecule has 2 rings (SSSR count). The van der Waals surface area contributed by atoms with Crippen LogP contribution in [0.4, 0.5) is 0 Å². The number of aliphatic hydroxyl groups is 1. The highest BCUT2D eigenvalue weighted by Crippen LogP contribution is 2.43. The number of thioether (sulfide) groups is 1. The maximum atomic E-state index is 10.4. The summed E-state index contributed by atoms with van der Waals surface area (Å²) in [4.78, 5) is 1.26. The lowest BCUT2D eigenvalue weighted by Crippen LogP contribution is -2.25. The van der Waals surface area contributed by atoms with Crippen molar-refractivity contribution in [1.82, 2.24) is 0 Å². The molecule has 2 unspecified atom stereocenters. The minimum absolute atomic E-state index is 0.547. The SMILES string of the molecule is Cc1sccc1C1(O)CSC(C)C1. The van der Waals surface area contributed by atoms with Gasteiger partial charge in [-0.2, -0.15) is 11.8 Å². The highest BCUT2D eigenvalue weighted by molar-refractivity contribution is 8.00. The van der Waals surface area contributed by atoms with Crippen molar-refractivity contribution in [2.24, 2.45) is 0 Å². The Bertz CT molecular complexity index is 308. The minimum Gasteiger partial charge on any atom is -0.384 e. The summed E-state index contributed by atoms with van der Waals surface area (Å²) in [6, 6.07) is 2.07. The summed E-state index contributed by atoms with van der Waals surface area (Å²) >= 11 is 3.59. The van der Waals surface area contributed by atoms with Crippen molar-refractivity contribution in [2.75, 3.05) is 5.75 Å².